The Balaban J connectivity index is 1.14. The lowest BCUT2D eigenvalue weighted by Gasteiger charge is -2.34. The first-order valence-corrected chi connectivity index (χ1v) is 13.0. The summed E-state index contributed by atoms with van der Waals surface area (Å²) >= 11 is 3.22. The number of hydrogen-bond donors (Lipinski definition) is 1. The summed E-state index contributed by atoms with van der Waals surface area (Å²) < 4.78 is 0. The average molecular weight is 469 g/mol. The van der Waals surface area contributed by atoms with Gasteiger partial charge in [-0.1, -0.05) is 6.07 Å². The second-order valence-electron chi connectivity index (χ2n) is 8.71. The van der Waals surface area contributed by atoms with Crippen LogP contribution in [0.2, 0.25) is 0 Å². The molecule has 3 aromatic rings. The molecule has 32 heavy (non-hydrogen) atoms. The highest BCUT2D eigenvalue weighted by Gasteiger charge is 2.22. The van der Waals surface area contributed by atoms with Gasteiger partial charge in [0.15, 0.2) is 0 Å². The predicted octanol–water partition coefficient (Wildman–Crippen LogP) is 3.53. The molecule has 168 valence electrons. The van der Waals surface area contributed by atoms with E-state index in [4.69, 9.17) is 4.98 Å². The van der Waals surface area contributed by atoms with Crippen LogP contribution in [-0.4, -0.2) is 57.6 Å². The van der Waals surface area contributed by atoms with Crippen molar-refractivity contribution in [3.05, 3.63) is 55.9 Å². The Hall–Kier alpha value is -2.16. The van der Waals surface area contributed by atoms with Crippen LogP contribution in [0, 0.1) is 13.8 Å². The highest BCUT2D eigenvalue weighted by atomic mass is 32.2. The van der Waals surface area contributed by atoms with Crippen LogP contribution in [0.4, 0.5) is 0 Å². The summed E-state index contributed by atoms with van der Waals surface area (Å²) in [4.78, 5) is 40.2. The second-order valence-corrected chi connectivity index (χ2v) is 11.0. The molecule has 0 radical (unpaired) electrons. The molecule has 0 atom stereocenters. The fourth-order valence-electron chi connectivity index (χ4n) is 4.62. The number of fused-ring (bicyclic) bond motifs is 2. The van der Waals surface area contributed by atoms with Gasteiger partial charge >= 0.3 is 0 Å². The van der Waals surface area contributed by atoms with Crippen molar-refractivity contribution in [2.75, 3.05) is 31.9 Å². The first-order valence-electron chi connectivity index (χ1n) is 11.2. The zero-order valence-electron chi connectivity index (χ0n) is 18.6. The monoisotopic (exact) mass is 468 g/mol. The number of aromatic nitrogens is 2. The topological polar surface area (TPSA) is 69.3 Å². The number of benzene rings is 1. The van der Waals surface area contributed by atoms with E-state index in [9.17, 15) is 9.59 Å². The van der Waals surface area contributed by atoms with Crippen LogP contribution in [0.15, 0.2) is 27.9 Å². The maximum Gasteiger partial charge on any atom is 0.259 e. The molecule has 1 amide bonds. The molecule has 1 saturated heterocycles. The van der Waals surface area contributed by atoms with Gasteiger partial charge in [0.2, 0.25) is 5.91 Å². The summed E-state index contributed by atoms with van der Waals surface area (Å²) in [5, 5.41) is 0.715. The zero-order valence-corrected chi connectivity index (χ0v) is 20.2. The minimum atomic E-state index is -0.0516. The molecule has 3 heterocycles. The van der Waals surface area contributed by atoms with Crippen LogP contribution < -0.4 is 5.56 Å². The van der Waals surface area contributed by atoms with Crippen molar-refractivity contribution in [3.63, 3.8) is 0 Å². The van der Waals surface area contributed by atoms with Gasteiger partial charge in [-0.05, 0) is 61.9 Å². The zero-order chi connectivity index (χ0) is 22.2. The van der Waals surface area contributed by atoms with Gasteiger partial charge in [-0.2, -0.15) is 0 Å². The summed E-state index contributed by atoms with van der Waals surface area (Å²) in [7, 11) is 0. The number of rotatable bonds is 5. The normalized spacial score (nSPS) is 16.6. The number of nitrogens with one attached hydrogen (secondary N) is 1. The molecule has 1 fully saturated rings. The van der Waals surface area contributed by atoms with Crippen LogP contribution in [0.3, 0.4) is 0 Å². The Morgan fingerprint density at radius 1 is 1.16 bits per heavy atom. The van der Waals surface area contributed by atoms with E-state index < -0.39 is 0 Å². The smallest absolute Gasteiger partial charge is 0.259 e. The van der Waals surface area contributed by atoms with E-state index in [0.717, 1.165) is 28.4 Å². The van der Waals surface area contributed by atoms with E-state index in [1.807, 2.05) is 18.7 Å². The maximum atomic E-state index is 12.7. The third-order valence-electron chi connectivity index (χ3n) is 6.62. The van der Waals surface area contributed by atoms with E-state index in [0.29, 0.717) is 36.6 Å². The van der Waals surface area contributed by atoms with Gasteiger partial charge in [0.1, 0.15) is 10.7 Å². The number of aryl methyl sites for hydroxylation is 4. The minimum absolute atomic E-state index is 0.0516. The molecule has 6 nitrogen and oxygen atoms in total. The number of carbonyl (C=O) groups is 1. The van der Waals surface area contributed by atoms with Crippen molar-refractivity contribution in [2.45, 2.75) is 44.6 Å². The fraction of sp³-hybridized carbons (Fsp3) is 0.458. The number of carbonyl (C=O) groups excluding carboxylic acids is 1. The second kappa shape index (κ2) is 9.00. The molecule has 0 bridgehead atoms. The number of thiophene rings is 1. The van der Waals surface area contributed by atoms with Crippen LogP contribution in [0.1, 0.15) is 33.8 Å². The predicted molar refractivity (Wildman–Crippen MR) is 131 cm³/mol. The Bertz CT molecular complexity index is 1220. The van der Waals surface area contributed by atoms with Gasteiger partial charge in [-0.15, -0.1) is 23.1 Å². The van der Waals surface area contributed by atoms with Crippen molar-refractivity contribution in [1.82, 2.24) is 19.8 Å². The lowest BCUT2D eigenvalue weighted by atomic mass is 10.1. The molecule has 1 aromatic carbocycles. The standard InChI is InChI=1S/C24H28N4O2S2/c1-15-16(2)32-24-22(15)23(30)25-20(26-24)13-27-8-10-28(11-9-27)21(29)14-31-19-7-6-17-4-3-5-18(17)12-19/h6-7,12H,3-5,8-11,13-14H2,1-2H3,(H,25,26,30). The lowest BCUT2D eigenvalue weighted by Crippen LogP contribution is -2.49. The van der Waals surface area contributed by atoms with Gasteiger partial charge in [-0.25, -0.2) is 4.98 Å². The molecule has 0 saturated carbocycles. The van der Waals surface area contributed by atoms with Gasteiger partial charge < -0.3 is 9.88 Å². The highest BCUT2D eigenvalue weighted by Crippen LogP contribution is 2.28. The van der Waals surface area contributed by atoms with E-state index >= 15 is 0 Å². The fourth-order valence-corrected chi connectivity index (χ4v) is 6.53. The Kier molecular flexibility index (Phi) is 6.09. The minimum Gasteiger partial charge on any atom is -0.339 e. The van der Waals surface area contributed by atoms with Crippen molar-refractivity contribution >= 4 is 39.2 Å². The van der Waals surface area contributed by atoms with Gasteiger partial charge in [-0.3, -0.25) is 14.5 Å². The largest absolute Gasteiger partial charge is 0.339 e. The number of nitrogens with zero attached hydrogens (tertiary/aromatic N) is 3. The van der Waals surface area contributed by atoms with E-state index in [1.165, 1.54) is 35.3 Å². The number of piperazine rings is 1. The molecule has 2 aliphatic rings. The molecule has 8 heteroatoms. The summed E-state index contributed by atoms with van der Waals surface area (Å²) in [5.41, 5.74) is 3.89. The first-order chi connectivity index (χ1) is 15.5. The molecule has 0 unspecified atom stereocenters. The van der Waals surface area contributed by atoms with E-state index in [-0.39, 0.29) is 11.5 Å². The van der Waals surface area contributed by atoms with Crippen LogP contribution in [0.5, 0.6) is 0 Å². The molecule has 1 aliphatic carbocycles. The third kappa shape index (κ3) is 4.36. The Morgan fingerprint density at radius 3 is 2.75 bits per heavy atom. The Labute approximate surface area is 196 Å². The summed E-state index contributed by atoms with van der Waals surface area (Å²) in [5.74, 6) is 1.39. The molecular formula is C24H28N4O2S2. The summed E-state index contributed by atoms with van der Waals surface area (Å²) in [6, 6.07) is 6.64. The van der Waals surface area contributed by atoms with Crippen molar-refractivity contribution in [2.24, 2.45) is 0 Å². The quantitative estimate of drug-likeness (QED) is 0.580. The molecule has 1 aliphatic heterocycles. The van der Waals surface area contributed by atoms with Crippen molar-refractivity contribution in [1.29, 1.82) is 0 Å². The van der Waals surface area contributed by atoms with Gasteiger partial charge in [0, 0.05) is 36.0 Å². The summed E-state index contributed by atoms with van der Waals surface area (Å²) in [6.45, 7) is 7.62. The summed E-state index contributed by atoms with van der Waals surface area (Å²) in [6.07, 6.45) is 3.60. The molecular weight excluding hydrogens is 440 g/mol. The number of aromatic amines is 1. The highest BCUT2D eigenvalue weighted by molar-refractivity contribution is 8.00. The number of hydrogen-bond acceptors (Lipinski definition) is 6. The lowest BCUT2D eigenvalue weighted by molar-refractivity contribution is -0.130. The van der Waals surface area contributed by atoms with E-state index in [2.05, 4.69) is 28.1 Å². The number of amides is 1. The molecule has 5 rings (SSSR count). The van der Waals surface area contributed by atoms with Crippen LogP contribution in [-0.2, 0) is 24.2 Å². The molecule has 2 aromatic heterocycles. The van der Waals surface area contributed by atoms with Gasteiger partial charge in [0.05, 0.1) is 17.7 Å². The Morgan fingerprint density at radius 2 is 1.94 bits per heavy atom. The number of thioether (sulfide) groups is 1. The SMILES string of the molecule is Cc1sc2nc(CN3CCN(C(=O)CSc4ccc5c(c4)CCC5)CC3)[nH]c(=O)c2c1C. The molecule has 1 N–H and O–H groups in total. The third-order valence-corrected chi connectivity index (χ3v) is 8.70. The van der Waals surface area contributed by atoms with E-state index in [1.54, 1.807) is 23.1 Å². The van der Waals surface area contributed by atoms with Crippen LogP contribution >= 0.6 is 23.1 Å². The average Bonchev–Trinajstić information content (AvgIpc) is 3.36. The maximum absolute atomic E-state index is 12.7. The first kappa shape index (κ1) is 21.7. The van der Waals surface area contributed by atoms with Crippen molar-refractivity contribution < 1.29 is 4.79 Å². The van der Waals surface area contributed by atoms with Crippen LogP contribution in [0.25, 0.3) is 10.2 Å². The van der Waals surface area contributed by atoms with Crippen molar-refractivity contribution in [3.8, 4) is 0 Å². The van der Waals surface area contributed by atoms with Gasteiger partial charge in [0.25, 0.3) is 5.56 Å². The number of H-pyrrole nitrogens is 1. The molecule has 0 spiro atoms.